The van der Waals surface area contributed by atoms with E-state index in [1.54, 1.807) is 31.4 Å². The van der Waals surface area contributed by atoms with Crippen molar-refractivity contribution in [1.29, 1.82) is 0 Å². The number of aromatic nitrogens is 2. The maximum absolute atomic E-state index is 12.6. The van der Waals surface area contributed by atoms with Crippen molar-refractivity contribution in [3.8, 4) is 0 Å². The van der Waals surface area contributed by atoms with Crippen LogP contribution in [0, 0.1) is 0 Å². The smallest absolute Gasteiger partial charge is 0.262 e. The lowest BCUT2D eigenvalue weighted by Gasteiger charge is -2.11. The molecular formula is C16H18ClN3O3S. The third-order valence-corrected chi connectivity index (χ3v) is 4.37. The lowest BCUT2D eigenvalue weighted by Crippen LogP contribution is -2.29. The third kappa shape index (κ3) is 4.59. The van der Waals surface area contributed by atoms with Crippen molar-refractivity contribution in [1.82, 2.24) is 14.9 Å². The molecule has 128 valence electrons. The number of carbonyl (C=O) groups excluding carboxylic acids is 1. The van der Waals surface area contributed by atoms with E-state index < -0.39 is 0 Å². The Kier molecular flexibility index (Phi) is 6.84. The zero-order chi connectivity index (χ0) is 17.5. The van der Waals surface area contributed by atoms with Gasteiger partial charge >= 0.3 is 0 Å². The quantitative estimate of drug-likeness (QED) is 0.335. The molecule has 2 aromatic rings. The van der Waals surface area contributed by atoms with Crippen LogP contribution in [0.5, 0.6) is 0 Å². The standard InChI is InChI=1S/C16H18ClN3O3S/c1-3-7-20-15(22)12-9-11(17)4-5-13(12)19-16(20)24-10-14(21)18-6-8-23-2/h3-5,9H,1,6-8,10H2,2H3,(H,18,21). The van der Waals surface area contributed by atoms with E-state index in [4.69, 9.17) is 16.3 Å². The number of ether oxygens (including phenoxy) is 1. The average molecular weight is 368 g/mol. The molecule has 1 amide bonds. The van der Waals surface area contributed by atoms with E-state index in [0.717, 1.165) is 0 Å². The van der Waals surface area contributed by atoms with Crippen molar-refractivity contribution in [2.24, 2.45) is 0 Å². The van der Waals surface area contributed by atoms with Crippen LogP contribution in [0.1, 0.15) is 0 Å². The Labute approximate surface area is 148 Å². The molecule has 1 aromatic heterocycles. The number of allylic oxidation sites excluding steroid dienone is 1. The fourth-order valence-electron chi connectivity index (χ4n) is 2.05. The summed E-state index contributed by atoms with van der Waals surface area (Å²) in [5, 5.41) is 4.12. The molecule has 0 aliphatic carbocycles. The second kappa shape index (κ2) is 8.86. The summed E-state index contributed by atoms with van der Waals surface area (Å²) in [6, 6.07) is 4.97. The summed E-state index contributed by atoms with van der Waals surface area (Å²) in [5.41, 5.74) is 0.344. The molecule has 0 saturated heterocycles. The highest BCUT2D eigenvalue weighted by Crippen LogP contribution is 2.20. The lowest BCUT2D eigenvalue weighted by molar-refractivity contribution is -0.118. The Bertz CT molecular complexity index is 807. The summed E-state index contributed by atoms with van der Waals surface area (Å²) in [7, 11) is 1.57. The Morgan fingerprint density at radius 3 is 3.04 bits per heavy atom. The minimum absolute atomic E-state index is 0.146. The average Bonchev–Trinajstić information content (AvgIpc) is 2.57. The highest BCUT2D eigenvalue weighted by atomic mass is 35.5. The van der Waals surface area contributed by atoms with Crippen molar-refractivity contribution in [2.45, 2.75) is 11.7 Å². The van der Waals surface area contributed by atoms with E-state index >= 15 is 0 Å². The van der Waals surface area contributed by atoms with E-state index in [9.17, 15) is 9.59 Å². The van der Waals surface area contributed by atoms with Gasteiger partial charge in [0.2, 0.25) is 5.91 Å². The molecule has 0 saturated carbocycles. The molecule has 0 spiro atoms. The maximum atomic E-state index is 12.6. The molecule has 0 aliphatic rings. The number of nitrogens with one attached hydrogen (secondary N) is 1. The van der Waals surface area contributed by atoms with Crippen molar-refractivity contribution in [3.63, 3.8) is 0 Å². The van der Waals surface area contributed by atoms with Crippen molar-refractivity contribution in [2.75, 3.05) is 26.0 Å². The summed E-state index contributed by atoms with van der Waals surface area (Å²) >= 11 is 7.16. The summed E-state index contributed by atoms with van der Waals surface area (Å²) < 4.78 is 6.36. The Hall–Kier alpha value is -1.83. The van der Waals surface area contributed by atoms with E-state index in [-0.39, 0.29) is 17.2 Å². The number of carbonyl (C=O) groups is 1. The second-order valence-electron chi connectivity index (χ2n) is 4.89. The van der Waals surface area contributed by atoms with Gasteiger partial charge in [0.25, 0.3) is 5.56 Å². The molecule has 8 heteroatoms. The van der Waals surface area contributed by atoms with Crippen LogP contribution in [0.15, 0.2) is 40.8 Å². The van der Waals surface area contributed by atoms with Crippen LogP contribution in [-0.2, 0) is 16.1 Å². The number of nitrogens with zero attached hydrogens (tertiary/aromatic N) is 2. The number of benzene rings is 1. The molecule has 0 unspecified atom stereocenters. The van der Waals surface area contributed by atoms with E-state index in [2.05, 4.69) is 16.9 Å². The number of thioether (sulfide) groups is 1. The Balaban J connectivity index is 2.26. The predicted octanol–water partition coefficient (Wildman–Crippen LogP) is 2.09. The minimum Gasteiger partial charge on any atom is -0.383 e. The Morgan fingerprint density at radius 2 is 2.33 bits per heavy atom. The van der Waals surface area contributed by atoms with Gasteiger partial charge in [-0.25, -0.2) is 4.98 Å². The van der Waals surface area contributed by atoms with Gasteiger partial charge < -0.3 is 10.1 Å². The van der Waals surface area contributed by atoms with Gasteiger partial charge in [0.05, 0.1) is 23.3 Å². The van der Waals surface area contributed by atoms with Crippen molar-refractivity contribution >= 4 is 40.2 Å². The van der Waals surface area contributed by atoms with Gasteiger partial charge in [0.1, 0.15) is 0 Å². The van der Waals surface area contributed by atoms with Gasteiger partial charge in [-0.05, 0) is 18.2 Å². The first-order valence-corrected chi connectivity index (χ1v) is 8.62. The molecule has 24 heavy (non-hydrogen) atoms. The van der Waals surface area contributed by atoms with Gasteiger partial charge in [-0.15, -0.1) is 6.58 Å². The maximum Gasteiger partial charge on any atom is 0.262 e. The SMILES string of the molecule is C=CCn1c(SCC(=O)NCCOC)nc2ccc(Cl)cc2c1=O. The summed E-state index contributed by atoms with van der Waals surface area (Å²) in [4.78, 5) is 28.9. The molecule has 0 radical (unpaired) electrons. The number of rotatable bonds is 8. The van der Waals surface area contributed by atoms with Gasteiger partial charge in [-0.3, -0.25) is 14.2 Å². The molecule has 1 aromatic carbocycles. The summed E-state index contributed by atoms with van der Waals surface area (Å²) in [6.07, 6.45) is 1.61. The highest BCUT2D eigenvalue weighted by molar-refractivity contribution is 7.99. The number of amides is 1. The number of hydrogen-bond acceptors (Lipinski definition) is 5. The fraction of sp³-hybridized carbons (Fsp3) is 0.312. The van der Waals surface area contributed by atoms with Crippen LogP contribution in [0.4, 0.5) is 0 Å². The summed E-state index contributed by atoms with van der Waals surface area (Å²) in [5.74, 6) is 0.0134. The van der Waals surface area contributed by atoms with E-state index in [1.807, 2.05) is 0 Å². The van der Waals surface area contributed by atoms with E-state index in [1.165, 1.54) is 16.3 Å². The third-order valence-electron chi connectivity index (χ3n) is 3.15. The first-order chi connectivity index (χ1) is 11.6. The normalized spacial score (nSPS) is 10.8. The molecule has 6 nitrogen and oxygen atoms in total. The van der Waals surface area contributed by atoms with Gasteiger partial charge in [-0.2, -0.15) is 0 Å². The number of fused-ring (bicyclic) bond motifs is 1. The van der Waals surface area contributed by atoms with Gasteiger partial charge in [0.15, 0.2) is 5.16 Å². The van der Waals surface area contributed by atoms with Crippen LogP contribution < -0.4 is 10.9 Å². The monoisotopic (exact) mass is 367 g/mol. The molecule has 0 fully saturated rings. The lowest BCUT2D eigenvalue weighted by atomic mass is 10.2. The molecule has 0 atom stereocenters. The first kappa shape index (κ1) is 18.5. The molecule has 0 aliphatic heterocycles. The fourth-order valence-corrected chi connectivity index (χ4v) is 3.06. The van der Waals surface area contributed by atoms with Crippen molar-refractivity contribution in [3.05, 3.63) is 46.2 Å². The van der Waals surface area contributed by atoms with Crippen LogP contribution in [-0.4, -0.2) is 41.5 Å². The van der Waals surface area contributed by atoms with Crippen LogP contribution in [0.3, 0.4) is 0 Å². The molecular weight excluding hydrogens is 350 g/mol. The highest BCUT2D eigenvalue weighted by Gasteiger charge is 2.13. The number of halogens is 1. The first-order valence-electron chi connectivity index (χ1n) is 7.26. The molecule has 2 rings (SSSR count). The van der Waals surface area contributed by atoms with Crippen LogP contribution in [0.25, 0.3) is 10.9 Å². The summed E-state index contributed by atoms with van der Waals surface area (Å²) in [6.45, 7) is 4.87. The number of methoxy groups -OCH3 is 1. The zero-order valence-electron chi connectivity index (χ0n) is 13.3. The molecule has 1 N–H and O–H groups in total. The number of hydrogen-bond donors (Lipinski definition) is 1. The Morgan fingerprint density at radius 1 is 1.54 bits per heavy atom. The van der Waals surface area contributed by atoms with Crippen LogP contribution in [0.2, 0.25) is 5.02 Å². The van der Waals surface area contributed by atoms with Gasteiger partial charge in [-0.1, -0.05) is 29.4 Å². The van der Waals surface area contributed by atoms with Crippen molar-refractivity contribution < 1.29 is 9.53 Å². The largest absolute Gasteiger partial charge is 0.383 e. The topological polar surface area (TPSA) is 73.2 Å². The zero-order valence-corrected chi connectivity index (χ0v) is 14.8. The van der Waals surface area contributed by atoms with E-state index in [0.29, 0.717) is 40.8 Å². The van der Waals surface area contributed by atoms with Gasteiger partial charge in [0, 0.05) is 25.2 Å². The minimum atomic E-state index is -0.204. The molecule has 1 heterocycles. The predicted molar refractivity (Wildman–Crippen MR) is 96.8 cm³/mol. The van der Waals surface area contributed by atoms with Crippen LogP contribution >= 0.6 is 23.4 Å². The second-order valence-corrected chi connectivity index (χ2v) is 6.27. The molecule has 0 bridgehead atoms.